The standard InChI is InChI=1S/C23H29N5O2/c1-16(27-10-8-25-17(27)2)11-22(29)28-19-3-4-20(28)13-23(30,12-19)15-26-9-6-18-5-7-24-14-21(18)26/h5-10,14,16,19-20,30H,3-4,11-13,15H2,1-2H3. The van der Waals surface area contributed by atoms with Crippen molar-refractivity contribution in [2.45, 2.75) is 76.2 Å². The van der Waals surface area contributed by atoms with Crippen molar-refractivity contribution in [3.8, 4) is 0 Å². The smallest absolute Gasteiger partial charge is 0.225 e. The number of piperidine rings is 1. The molecule has 0 radical (unpaired) electrons. The van der Waals surface area contributed by atoms with E-state index in [4.69, 9.17) is 0 Å². The quantitative estimate of drug-likeness (QED) is 0.705. The van der Waals surface area contributed by atoms with E-state index < -0.39 is 5.60 Å². The Balaban J connectivity index is 1.29. The Kier molecular flexibility index (Phi) is 4.65. The van der Waals surface area contributed by atoms with Gasteiger partial charge in [0, 0.05) is 54.7 Å². The van der Waals surface area contributed by atoms with Crippen LogP contribution in [0.2, 0.25) is 0 Å². The van der Waals surface area contributed by atoms with E-state index in [0.29, 0.717) is 25.8 Å². The van der Waals surface area contributed by atoms with Crippen molar-refractivity contribution < 1.29 is 9.90 Å². The maximum absolute atomic E-state index is 13.2. The third kappa shape index (κ3) is 3.31. The lowest BCUT2D eigenvalue weighted by molar-refractivity contribution is -0.142. The minimum Gasteiger partial charge on any atom is -0.388 e. The number of hydrogen-bond donors (Lipinski definition) is 1. The van der Waals surface area contributed by atoms with Gasteiger partial charge in [0.2, 0.25) is 5.91 Å². The summed E-state index contributed by atoms with van der Waals surface area (Å²) in [5, 5.41) is 12.6. The highest BCUT2D eigenvalue weighted by atomic mass is 16.3. The highest BCUT2D eigenvalue weighted by molar-refractivity contribution is 5.79. The first kappa shape index (κ1) is 19.3. The van der Waals surface area contributed by atoms with Gasteiger partial charge in [-0.15, -0.1) is 0 Å². The Morgan fingerprint density at radius 2 is 2.00 bits per heavy atom. The van der Waals surface area contributed by atoms with Crippen molar-refractivity contribution >= 4 is 16.8 Å². The number of amides is 1. The van der Waals surface area contributed by atoms with Gasteiger partial charge in [0.15, 0.2) is 0 Å². The van der Waals surface area contributed by atoms with Crippen LogP contribution < -0.4 is 0 Å². The monoisotopic (exact) mass is 407 g/mol. The molecule has 3 aromatic rings. The molecule has 2 aliphatic heterocycles. The topological polar surface area (TPSA) is 76.2 Å². The summed E-state index contributed by atoms with van der Waals surface area (Å²) >= 11 is 0. The van der Waals surface area contributed by atoms with Crippen LogP contribution in [0, 0.1) is 6.92 Å². The molecule has 5 rings (SSSR count). The molecule has 2 fully saturated rings. The van der Waals surface area contributed by atoms with Gasteiger partial charge in [-0.25, -0.2) is 4.98 Å². The molecule has 5 heterocycles. The molecule has 158 valence electrons. The molecule has 7 nitrogen and oxygen atoms in total. The largest absolute Gasteiger partial charge is 0.388 e. The van der Waals surface area contributed by atoms with Crippen LogP contribution in [0.1, 0.15) is 50.9 Å². The summed E-state index contributed by atoms with van der Waals surface area (Å²) in [5.74, 6) is 1.13. The van der Waals surface area contributed by atoms with E-state index in [-0.39, 0.29) is 24.0 Å². The van der Waals surface area contributed by atoms with Gasteiger partial charge in [-0.3, -0.25) is 9.78 Å². The van der Waals surface area contributed by atoms with Crippen LogP contribution >= 0.6 is 0 Å². The summed E-state index contributed by atoms with van der Waals surface area (Å²) in [6.07, 6.45) is 13.1. The maximum Gasteiger partial charge on any atom is 0.225 e. The fourth-order valence-electron chi connectivity index (χ4n) is 5.65. The SMILES string of the molecule is Cc1nccn1C(C)CC(=O)N1C2CCC1CC(O)(Cn1ccc3ccncc31)C2. The summed E-state index contributed by atoms with van der Waals surface area (Å²) in [4.78, 5) is 23.8. The van der Waals surface area contributed by atoms with Crippen molar-refractivity contribution in [1.29, 1.82) is 0 Å². The Morgan fingerprint density at radius 3 is 2.70 bits per heavy atom. The predicted molar refractivity (Wildman–Crippen MR) is 114 cm³/mol. The molecule has 0 aromatic carbocycles. The fourth-order valence-corrected chi connectivity index (χ4v) is 5.65. The zero-order valence-corrected chi connectivity index (χ0v) is 17.6. The molecule has 2 bridgehead atoms. The van der Waals surface area contributed by atoms with E-state index in [0.717, 1.165) is 29.6 Å². The minimum atomic E-state index is -0.795. The summed E-state index contributed by atoms with van der Waals surface area (Å²) in [5.41, 5.74) is 0.248. The number of pyridine rings is 1. The lowest BCUT2D eigenvalue weighted by Gasteiger charge is -2.44. The van der Waals surface area contributed by atoms with E-state index in [1.807, 2.05) is 31.6 Å². The number of aliphatic hydroxyl groups is 1. The first-order valence-corrected chi connectivity index (χ1v) is 10.9. The number of aromatic nitrogens is 4. The van der Waals surface area contributed by atoms with Crippen molar-refractivity contribution in [1.82, 2.24) is 24.0 Å². The maximum atomic E-state index is 13.2. The molecule has 2 aliphatic rings. The van der Waals surface area contributed by atoms with E-state index in [1.54, 1.807) is 12.4 Å². The number of carbonyl (C=O) groups excluding carboxylic acids is 1. The summed E-state index contributed by atoms with van der Waals surface area (Å²) in [6, 6.07) is 4.38. The third-order valence-electron chi connectivity index (χ3n) is 6.99. The first-order valence-electron chi connectivity index (χ1n) is 10.9. The van der Waals surface area contributed by atoms with Gasteiger partial charge < -0.3 is 19.1 Å². The van der Waals surface area contributed by atoms with Gasteiger partial charge in [-0.2, -0.15) is 0 Å². The highest BCUT2D eigenvalue weighted by Gasteiger charge is 2.49. The van der Waals surface area contributed by atoms with Crippen molar-refractivity contribution in [2.75, 3.05) is 0 Å². The zero-order valence-electron chi connectivity index (χ0n) is 17.6. The zero-order chi connectivity index (χ0) is 20.9. The lowest BCUT2D eigenvalue weighted by atomic mass is 9.85. The number of fused-ring (bicyclic) bond motifs is 3. The van der Waals surface area contributed by atoms with E-state index in [1.165, 1.54) is 0 Å². The van der Waals surface area contributed by atoms with Gasteiger partial charge in [-0.1, -0.05) is 0 Å². The summed E-state index contributed by atoms with van der Waals surface area (Å²) in [6.45, 7) is 4.58. The van der Waals surface area contributed by atoms with Crippen molar-refractivity contribution in [3.63, 3.8) is 0 Å². The number of hydrogen-bond acceptors (Lipinski definition) is 4. The van der Waals surface area contributed by atoms with Gasteiger partial charge in [0.1, 0.15) is 5.82 Å². The number of rotatable bonds is 5. The normalized spacial score (nSPS) is 27.0. The molecular weight excluding hydrogens is 378 g/mol. The van der Waals surface area contributed by atoms with Crippen LogP contribution in [0.3, 0.4) is 0 Å². The van der Waals surface area contributed by atoms with Gasteiger partial charge >= 0.3 is 0 Å². The average molecular weight is 408 g/mol. The number of nitrogens with zero attached hydrogens (tertiary/aromatic N) is 5. The Labute approximate surface area is 176 Å². The van der Waals surface area contributed by atoms with Gasteiger partial charge in [-0.05, 0) is 51.7 Å². The van der Waals surface area contributed by atoms with Crippen molar-refractivity contribution in [3.05, 3.63) is 48.9 Å². The third-order valence-corrected chi connectivity index (χ3v) is 6.99. The molecule has 3 atom stereocenters. The fraction of sp³-hybridized carbons (Fsp3) is 0.522. The lowest BCUT2D eigenvalue weighted by Crippen LogP contribution is -2.54. The highest BCUT2D eigenvalue weighted by Crippen LogP contribution is 2.42. The second kappa shape index (κ2) is 7.23. The molecule has 3 unspecified atom stereocenters. The number of carbonyl (C=O) groups is 1. The Bertz CT molecular complexity index is 1060. The molecule has 7 heteroatoms. The van der Waals surface area contributed by atoms with Gasteiger partial charge in [0.25, 0.3) is 0 Å². The number of imidazole rings is 1. The van der Waals surface area contributed by atoms with Crippen LogP contribution in [0.5, 0.6) is 0 Å². The molecule has 1 N–H and O–H groups in total. The van der Waals surface area contributed by atoms with E-state index in [2.05, 4.69) is 37.0 Å². The molecular formula is C23H29N5O2. The second-order valence-corrected chi connectivity index (χ2v) is 9.13. The van der Waals surface area contributed by atoms with Crippen LogP contribution in [-0.4, -0.2) is 52.7 Å². The average Bonchev–Trinajstić information content (AvgIpc) is 3.39. The molecule has 0 saturated carbocycles. The van der Waals surface area contributed by atoms with Crippen LogP contribution in [0.4, 0.5) is 0 Å². The minimum absolute atomic E-state index is 0.0824. The predicted octanol–water partition coefficient (Wildman–Crippen LogP) is 3.08. The van der Waals surface area contributed by atoms with E-state index in [9.17, 15) is 9.90 Å². The molecule has 1 amide bonds. The van der Waals surface area contributed by atoms with Crippen LogP contribution in [0.15, 0.2) is 43.1 Å². The molecule has 0 aliphatic carbocycles. The van der Waals surface area contributed by atoms with E-state index >= 15 is 0 Å². The Hall–Kier alpha value is -2.67. The molecule has 30 heavy (non-hydrogen) atoms. The van der Waals surface area contributed by atoms with Crippen molar-refractivity contribution in [2.24, 2.45) is 0 Å². The first-order chi connectivity index (χ1) is 14.4. The van der Waals surface area contributed by atoms with Crippen LogP contribution in [-0.2, 0) is 11.3 Å². The van der Waals surface area contributed by atoms with Gasteiger partial charge in [0.05, 0.1) is 23.9 Å². The van der Waals surface area contributed by atoms with Crippen LogP contribution in [0.25, 0.3) is 10.9 Å². The summed E-state index contributed by atoms with van der Waals surface area (Å²) in [7, 11) is 0. The molecule has 3 aromatic heterocycles. The summed E-state index contributed by atoms with van der Waals surface area (Å²) < 4.78 is 4.16. The molecule has 0 spiro atoms. The second-order valence-electron chi connectivity index (χ2n) is 9.13. The molecule has 2 saturated heterocycles. The number of aryl methyl sites for hydroxylation is 1. The Morgan fingerprint density at radius 1 is 1.23 bits per heavy atom.